The molecule has 0 saturated carbocycles. The van der Waals surface area contributed by atoms with Gasteiger partial charge in [-0.25, -0.2) is 0 Å². The van der Waals surface area contributed by atoms with Gasteiger partial charge in [0.15, 0.2) is 0 Å². The number of rotatable bonds is 7. The fraction of sp³-hybridized carbons (Fsp3) is 0.258. The number of hydrogen-bond acceptors (Lipinski definition) is 5. The highest BCUT2D eigenvalue weighted by Gasteiger charge is 2.56. The fourth-order valence-electron chi connectivity index (χ4n) is 6.06. The lowest BCUT2D eigenvalue weighted by Crippen LogP contribution is -2.49. The zero-order chi connectivity index (χ0) is 26.4. The first-order chi connectivity index (χ1) is 18.5. The molecule has 6 rings (SSSR count). The second-order valence-corrected chi connectivity index (χ2v) is 9.99. The number of hydrogen-bond donors (Lipinski definition) is 4. The van der Waals surface area contributed by atoms with Gasteiger partial charge in [0.1, 0.15) is 17.0 Å². The summed E-state index contributed by atoms with van der Waals surface area (Å²) in [5, 5.41) is 3.50. The number of aromatic amines is 1. The highest BCUT2D eigenvalue weighted by molar-refractivity contribution is 6.02. The number of nitrogen functional groups attached to an aromatic ring is 2. The van der Waals surface area contributed by atoms with E-state index >= 15 is 0 Å². The van der Waals surface area contributed by atoms with Crippen LogP contribution >= 0.6 is 0 Å². The number of anilines is 2. The van der Waals surface area contributed by atoms with Crippen LogP contribution in [0.3, 0.4) is 0 Å². The van der Waals surface area contributed by atoms with Crippen molar-refractivity contribution in [2.24, 2.45) is 0 Å². The molecular weight excluding hydrogens is 474 g/mol. The van der Waals surface area contributed by atoms with Crippen LogP contribution in [0.15, 0.2) is 66.9 Å². The van der Waals surface area contributed by atoms with Crippen molar-refractivity contribution < 1.29 is 9.53 Å². The topological polar surface area (TPSA) is 109 Å². The summed E-state index contributed by atoms with van der Waals surface area (Å²) < 4.78 is 6.48. The van der Waals surface area contributed by atoms with Crippen LogP contribution in [0.1, 0.15) is 57.7 Å². The van der Waals surface area contributed by atoms with E-state index in [1.165, 1.54) is 0 Å². The Kier molecular flexibility index (Phi) is 5.88. The Morgan fingerprint density at radius 3 is 2.16 bits per heavy atom. The molecule has 0 aliphatic carbocycles. The standard InChI is InChI=1S/C31H33N5O2/c1-3-19-14-24-28(16-26(19)32)38-29-17-27(33)20(4-2)15-25(29)31(24)23-10-6-5-9-22(23)30(37)36(31)13-12-34-18-21-8-7-11-35-21/h5-11,14-17,34-35H,3-4,12-13,18,32-33H2,1-2H3. The first-order valence-electron chi connectivity index (χ1n) is 13.3. The Labute approximate surface area is 222 Å². The second kappa shape index (κ2) is 9.26. The van der Waals surface area contributed by atoms with Crippen LogP contribution in [0, 0.1) is 0 Å². The maximum atomic E-state index is 14.2. The number of carbonyl (C=O) groups excluding carboxylic acids is 1. The minimum absolute atomic E-state index is 0.00539. The summed E-state index contributed by atoms with van der Waals surface area (Å²) in [6.45, 7) is 6.00. The summed E-state index contributed by atoms with van der Waals surface area (Å²) in [5.74, 6) is 1.32. The molecule has 4 aromatic rings. The number of ether oxygens (including phenoxy) is 1. The molecule has 0 atom stereocenters. The zero-order valence-corrected chi connectivity index (χ0v) is 21.8. The molecule has 194 valence electrons. The van der Waals surface area contributed by atoms with Gasteiger partial charge < -0.3 is 31.4 Å². The van der Waals surface area contributed by atoms with Crippen molar-refractivity contribution in [3.63, 3.8) is 0 Å². The van der Waals surface area contributed by atoms with E-state index in [-0.39, 0.29) is 5.91 Å². The van der Waals surface area contributed by atoms with Gasteiger partial charge in [-0.05, 0) is 59.9 Å². The molecule has 0 bridgehead atoms. The highest BCUT2D eigenvalue weighted by Crippen LogP contribution is 2.58. The molecule has 7 heteroatoms. The van der Waals surface area contributed by atoms with Crippen LogP contribution in [0.2, 0.25) is 0 Å². The number of nitrogens with one attached hydrogen (secondary N) is 2. The van der Waals surface area contributed by atoms with E-state index in [2.05, 4.69) is 42.3 Å². The Bertz CT molecular complexity index is 1470. The Morgan fingerprint density at radius 2 is 1.55 bits per heavy atom. The van der Waals surface area contributed by atoms with Gasteiger partial charge in [0.25, 0.3) is 5.91 Å². The number of benzene rings is 3. The van der Waals surface area contributed by atoms with Crippen LogP contribution in [0.5, 0.6) is 11.5 Å². The first kappa shape index (κ1) is 24.1. The fourth-order valence-corrected chi connectivity index (χ4v) is 6.06. The van der Waals surface area contributed by atoms with Gasteiger partial charge in [-0.3, -0.25) is 4.79 Å². The van der Waals surface area contributed by atoms with E-state index in [9.17, 15) is 4.79 Å². The molecule has 2 aliphatic rings. The lowest BCUT2D eigenvalue weighted by Gasteiger charge is -2.45. The van der Waals surface area contributed by atoms with Crippen molar-refractivity contribution in [1.29, 1.82) is 0 Å². The van der Waals surface area contributed by atoms with Gasteiger partial charge in [-0.15, -0.1) is 0 Å². The highest BCUT2D eigenvalue weighted by atomic mass is 16.5. The number of amides is 1. The number of aromatic nitrogens is 1. The Morgan fingerprint density at radius 1 is 0.895 bits per heavy atom. The molecule has 2 aliphatic heterocycles. The van der Waals surface area contributed by atoms with Crippen molar-refractivity contribution in [3.8, 4) is 11.5 Å². The molecule has 1 aromatic heterocycles. The molecule has 38 heavy (non-hydrogen) atoms. The molecule has 6 N–H and O–H groups in total. The van der Waals surface area contributed by atoms with Crippen molar-refractivity contribution in [1.82, 2.24) is 15.2 Å². The molecule has 1 amide bonds. The molecule has 3 aromatic carbocycles. The average Bonchev–Trinajstić information content (AvgIpc) is 3.52. The van der Waals surface area contributed by atoms with Crippen molar-refractivity contribution in [3.05, 3.63) is 106 Å². The third-order valence-electron chi connectivity index (χ3n) is 7.93. The van der Waals surface area contributed by atoms with Gasteiger partial charge >= 0.3 is 0 Å². The smallest absolute Gasteiger partial charge is 0.255 e. The normalized spacial score (nSPS) is 14.8. The van der Waals surface area contributed by atoms with Crippen LogP contribution in [0.25, 0.3) is 0 Å². The van der Waals surface area contributed by atoms with Crippen molar-refractivity contribution in [2.75, 3.05) is 24.6 Å². The predicted octanol–water partition coefficient (Wildman–Crippen LogP) is 4.95. The number of fused-ring (bicyclic) bond motifs is 6. The quantitative estimate of drug-likeness (QED) is 0.209. The lowest BCUT2D eigenvalue weighted by atomic mass is 9.73. The molecule has 0 fully saturated rings. The van der Waals surface area contributed by atoms with Crippen LogP contribution in [-0.4, -0.2) is 28.9 Å². The van der Waals surface area contributed by atoms with Crippen LogP contribution in [-0.2, 0) is 24.9 Å². The third-order valence-corrected chi connectivity index (χ3v) is 7.93. The van der Waals surface area contributed by atoms with Gasteiger partial charge in [-0.2, -0.15) is 0 Å². The van der Waals surface area contributed by atoms with Gasteiger partial charge in [0.2, 0.25) is 0 Å². The molecule has 0 unspecified atom stereocenters. The molecular formula is C31H33N5O2. The molecule has 0 radical (unpaired) electrons. The molecule has 3 heterocycles. The van der Waals surface area contributed by atoms with E-state index in [1.54, 1.807) is 0 Å². The average molecular weight is 508 g/mol. The van der Waals surface area contributed by atoms with Gasteiger partial charge in [0.05, 0.1) is 0 Å². The molecule has 1 spiro atoms. The minimum Gasteiger partial charge on any atom is -0.456 e. The van der Waals surface area contributed by atoms with E-state index in [0.29, 0.717) is 48.1 Å². The largest absolute Gasteiger partial charge is 0.456 e. The SMILES string of the molecule is CCc1cc2c(cc1N)Oc1cc(N)c(CC)cc1C21c2ccccc2C(=O)N1CCNCc1ccc[nH]1. The van der Waals surface area contributed by atoms with Crippen LogP contribution in [0.4, 0.5) is 11.4 Å². The van der Waals surface area contributed by atoms with E-state index in [4.69, 9.17) is 16.2 Å². The summed E-state index contributed by atoms with van der Waals surface area (Å²) in [6.07, 6.45) is 3.46. The van der Waals surface area contributed by atoms with Gasteiger partial charge in [-0.1, -0.05) is 32.0 Å². The lowest BCUT2D eigenvalue weighted by molar-refractivity contribution is 0.0667. The summed E-state index contributed by atoms with van der Waals surface area (Å²) in [5.41, 5.74) is 20.1. The summed E-state index contributed by atoms with van der Waals surface area (Å²) in [7, 11) is 0. The number of aryl methyl sites for hydroxylation is 2. The first-order valence-corrected chi connectivity index (χ1v) is 13.3. The predicted molar refractivity (Wildman–Crippen MR) is 150 cm³/mol. The molecule has 7 nitrogen and oxygen atoms in total. The zero-order valence-electron chi connectivity index (χ0n) is 21.8. The number of nitrogens with zero attached hydrogens (tertiary/aromatic N) is 1. The number of nitrogens with two attached hydrogens (primary N) is 2. The van der Waals surface area contributed by atoms with Crippen LogP contribution < -0.4 is 21.5 Å². The third kappa shape index (κ3) is 3.50. The minimum atomic E-state index is -0.861. The second-order valence-electron chi connectivity index (χ2n) is 9.99. The molecule has 0 saturated heterocycles. The van der Waals surface area contributed by atoms with Crippen molar-refractivity contribution >= 4 is 17.3 Å². The summed E-state index contributed by atoms with van der Waals surface area (Å²) in [4.78, 5) is 19.4. The van der Waals surface area contributed by atoms with Crippen molar-refractivity contribution in [2.45, 2.75) is 38.8 Å². The summed E-state index contributed by atoms with van der Waals surface area (Å²) in [6, 6.07) is 20.0. The van der Waals surface area contributed by atoms with E-state index in [0.717, 1.165) is 46.4 Å². The maximum Gasteiger partial charge on any atom is 0.255 e. The number of H-pyrrole nitrogens is 1. The van der Waals surface area contributed by atoms with E-state index < -0.39 is 5.54 Å². The Hall–Kier alpha value is -4.23. The monoisotopic (exact) mass is 507 g/mol. The number of carbonyl (C=O) groups is 1. The van der Waals surface area contributed by atoms with Gasteiger partial charge in [0, 0.05) is 71.7 Å². The summed E-state index contributed by atoms with van der Waals surface area (Å²) >= 11 is 0. The maximum absolute atomic E-state index is 14.2. The van der Waals surface area contributed by atoms with E-state index in [1.807, 2.05) is 53.6 Å². The Balaban J connectivity index is 1.57.